The molecule has 0 saturated heterocycles. The van der Waals surface area contributed by atoms with Crippen LogP contribution in [0, 0.1) is 0 Å². The Bertz CT molecular complexity index is 432. The van der Waals surface area contributed by atoms with E-state index in [1.807, 2.05) is 24.3 Å². The number of para-hydroxylation sites is 1. The Morgan fingerprint density at radius 3 is 2.50 bits per heavy atom. The fourth-order valence-corrected chi connectivity index (χ4v) is 5.38. The quantitative estimate of drug-likeness (QED) is 0.674. The van der Waals surface area contributed by atoms with Gasteiger partial charge in [0.25, 0.3) is 0 Å². The van der Waals surface area contributed by atoms with Gasteiger partial charge in [-0.1, -0.05) is 32.0 Å². The van der Waals surface area contributed by atoms with Gasteiger partial charge in [0.2, 0.25) is 8.32 Å². The van der Waals surface area contributed by atoms with Crippen LogP contribution in [0.15, 0.2) is 24.3 Å². The molecule has 1 aliphatic heterocycles. The van der Waals surface area contributed by atoms with Gasteiger partial charge < -0.3 is 9.53 Å². The fourth-order valence-electron chi connectivity index (χ4n) is 2.94. The van der Waals surface area contributed by atoms with E-state index in [9.17, 15) is 5.11 Å². The topological polar surface area (TPSA) is 32.7 Å². The van der Waals surface area contributed by atoms with Crippen molar-refractivity contribution < 1.29 is 9.53 Å². The summed E-state index contributed by atoms with van der Waals surface area (Å²) in [5.74, 6) is 0.856. The second-order valence-electron chi connectivity index (χ2n) is 5.52. The molecule has 1 N–H and O–H groups in total. The van der Waals surface area contributed by atoms with E-state index in [4.69, 9.17) is 4.43 Å². The molecule has 1 unspecified atom stereocenters. The standard InChI is InChI=1S/C14H23NO2Si/c1-5-15(6-2)14(16)11-18(3,4)17-13-10-8-7-9-12(13)14/h7-10,16H,5-6,11H2,1-4H3. The first-order valence-electron chi connectivity index (χ1n) is 6.69. The predicted octanol–water partition coefficient (Wildman–Crippen LogP) is 2.77. The van der Waals surface area contributed by atoms with Crippen LogP contribution in [-0.2, 0) is 5.72 Å². The largest absolute Gasteiger partial charge is 0.544 e. The number of aliphatic hydroxyl groups is 1. The molecule has 0 bridgehead atoms. The Morgan fingerprint density at radius 2 is 1.89 bits per heavy atom. The molecule has 0 fully saturated rings. The first kappa shape index (κ1) is 13.6. The molecule has 0 amide bonds. The number of nitrogens with zero attached hydrogens (tertiary/aromatic N) is 1. The molecule has 1 heterocycles. The molecule has 1 aromatic carbocycles. The van der Waals surface area contributed by atoms with E-state index >= 15 is 0 Å². The maximum Gasteiger partial charge on any atom is 0.249 e. The van der Waals surface area contributed by atoms with Crippen molar-refractivity contribution in [3.8, 4) is 5.75 Å². The molecule has 2 rings (SSSR count). The molecule has 3 nitrogen and oxygen atoms in total. The third kappa shape index (κ3) is 2.20. The smallest absolute Gasteiger partial charge is 0.249 e. The van der Waals surface area contributed by atoms with Crippen molar-refractivity contribution in [1.29, 1.82) is 0 Å². The van der Waals surface area contributed by atoms with Crippen molar-refractivity contribution in [2.75, 3.05) is 13.1 Å². The minimum atomic E-state index is -1.86. The van der Waals surface area contributed by atoms with E-state index in [0.717, 1.165) is 30.4 Å². The molecule has 1 aliphatic rings. The Morgan fingerprint density at radius 1 is 1.28 bits per heavy atom. The van der Waals surface area contributed by atoms with Crippen molar-refractivity contribution in [2.45, 2.75) is 38.7 Å². The normalized spacial score (nSPS) is 25.7. The first-order chi connectivity index (χ1) is 8.43. The van der Waals surface area contributed by atoms with E-state index in [1.165, 1.54) is 0 Å². The summed E-state index contributed by atoms with van der Waals surface area (Å²) in [6.45, 7) is 10.2. The van der Waals surface area contributed by atoms with Crippen molar-refractivity contribution in [1.82, 2.24) is 4.90 Å². The van der Waals surface area contributed by atoms with Gasteiger partial charge >= 0.3 is 0 Å². The van der Waals surface area contributed by atoms with Crippen LogP contribution < -0.4 is 4.43 Å². The number of hydrogen-bond donors (Lipinski definition) is 1. The van der Waals surface area contributed by atoms with Gasteiger partial charge in [0.1, 0.15) is 11.5 Å². The molecule has 0 aromatic heterocycles. The van der Waals surface area contributed by atoms with Crippen LogP contribution in [-0.4, -0.2) is 31.4 Å². The predicted molar refractivity (Wildman–Crippen MR) is 76.2 cm³/mol. The van der Waals surface area contributed by atoms with Gasteiger partial charge in [0, 0.05) is 11.6 Å². The third-order valence-corrected chi connectivity index (χ3v) is 5.78. The van der Waals surface area contributed by atoms with Gasteiger partial charge in [0.05, 0.1) is 0 Å². The maximum absolute atomic E-state index is 11.2. The lowest BCUT2D eigenvalue weighted by atomic mass is 10.0. The zero-order chi connectivity index (χ0) is 13.4. The van der Waals surface area contributed by atoms with E-state index in [2.05, 4.69) is 31.8 Å². The summed E-state index contributed by atoms with van der Waals surface area (Å²) in [6.07, 6.45) is 0. The third-order valence-electron chi connectivity index (χ3n) is 3.66. The van der Waals surface area contributed by atoms with Gasteiger partial charge in [-0.25, -0.2) is 0 Å². The highest BCUT2D eigenvalue weighted by atomic mass is 28.4. The zero-order valence-corrected chi connectivity index (χ0v) is 12.7. The molecular weight excluding hydrogens is 242 g/mol. The minimum absolute atomic E-state index is 0.721. The number of hydrogen-bond acceptors (Lipinski definition) is 3. The molecule has 0 radical (unpaired) electrons. The van der Waals surface area contributed by atoms with Crippen molar-refractivity contribution in [3.05, 3.63) is 29.8 Å². The molecule has 0 spiro atoms. The maximum atomic E-state index is 11.2. The van der Waals surface area contributed by atoms with Gasteiger partial charge in [0.15, 0.2) is 0 Å². The Labute approximate surface area is 111 Å². The summed E-state index contributed by atoms with van der Waals surface area (Å²) < 4.78 is 6.11. The summed E-state index contributed by atoms with van der Waals surface area (Å²) in [7, 11) is -1.86. The second-order valence-corrected chi connectivity index (χ2v) is 9.60. The highest BCUT2D eigenvalue weighted by molar-refractivity contribution is 6.72. The zero-order valence-electron chi connectivity index (χ0n) is 11.7. The summed E-state index contributed by atoms with van der Waals surface area (Å²) in [5, 5.41) is 11.2. The summed E-state index contributed by atoms with van der Waals surface area (Å²) >= 11 is 0. The summed E-state index contributed by atoms with van der Waals surface area (Å²) in [6, 6.07) is 8.61. The van der Waals surface area contributed by atoms with Crippen LogP contribution in [0.25, 0.3) is 0 Å². The molecule has 18 heavy (non-hydrogen) atoms. The Balaban J connectivity index is 2.53. The van der Waals surface area contributed by atoms with Gasteiger partial charge in [-0.3, -0.25) is 4.90 Å². The van der Waals surface area contributed by atoms with Crippen LogP contribution in [0.5, 0.6) is 5.75 Å². The lowest BCUT2D eigenvalue weighted by Gasteiger charge is -2.47. The lowest BCUT2D eigenvalue weighted by molar-refractivity contribution is -0.102. The fraction of sp³-hybridized carbons (Fsp3) is 0.571. The minimum Gasteiger partial charge on any atom is -0.544 e. The van der Waals surface area contributed by atoms with Crippen LogP contribution in [0.3, 0.4) is 0 Å². The molecule has 100 valence electrons. The van der Waals surface area contributed by atoms with Crippen molar-refractivity contribution in [2.24, 2.45) is 0 Å². The van der Waals surface area contributed by atoms with E-state index in [0.29, 0.717) is 0 Å². The van der Waals surface area contributed by atoms with Crippen molar-refractivity contribution >= 4 is 8.32 Å². The van der Waals surface area contributed by atoms with E-state index in [-0.39, 0.29) is 0 Å². The van der Waals surface area contributed by atoms with Crippen LogP contribution in [0.2, 0.25) is 19.1 Å². The molecule has 4 heteroatoms. The van der Waals surface area contributed by atoms with E-state index in [1.54, 1.807) is 0 Å². The lowest BCUT2D eigenvalue weighted by Crippen LogP contribution is -2.55. The molecular formula is C14H23NO2Si. The molecule has 0 saturated carbocycles. The number of fused-ring (bicyclic) bond motifs is 1. The summed E-state index contributed by atoms with van der Waals surface area (Å²) in [4.78, 5) is 2.13. The average Bonchev–Trinajstić information content (AvgIpc) is 2.28. The van der Waals surface area contributed by atoms with Gasteiger partial charge in [-0.2, -0.15) is 0 Å². The molecule has 1 aromatic rings. The Kier molecular flexibility index (Phi) is 3.53. The number of rotatable bonds is 3. The monoisotopic (exact) mass is 265 g/mol. The Hall–Kier alpha value is -0.843. The summed E-state index contributed by atoms with van der Waals surface area (Å²) in [5.41, 5.74) is 0.0502. The molecule has 0 aliphatic carbocycles. The van der Waals surface area contributed by atoms with Gasteiger partial charge in [-0.05, 0) is 32.2 Å². The van der Waals surface area contributed by atoms with E-state index < -0.39 is 14.0 Å². The van der Waals surface area contributed by atoms with Crippen LogP contribution in [0.1, 0.15) is 19.4 Å². The van der Waals surface area contributed by atoms with Crippen LogP contribution in [0.4, 0.5) is 0 Å². The van der Waals surface area contributed by atoms with Crippen molar-refractivity contribution in [3.63, 3.8) is 0 Å². The second kappa shape index (κ2) is 4.68. The van der Waals surface area contributed by atoms with Gasteiger partial charge in [-0.15, -0.1) is 0 Å². The number of benzene rings is 1. The average molecular weight is 265 g/mol. The SMILES string of the molecule is CCN(CC)C1(O)C[Si](C)(C)Oc2ccccc21. The highest BCUT2D eigenvalue weighted by Crippen LogP contribution is 2.44. The van der Waals surface area contributed by atoms with Crippen LogP contribution >= 0.6 is 0 Å². The first-order valence-corrected chi connectivity index (χ1v) is 9.80. The molecule has 1 atom stereocenters. The highest BCUT2D eigenvalue weighted by Gasteiger charge is 2.48.